The summed E-state index contributed by atoms with van der Waals surface area (Å²) < 4.78 is 27.3. The van der Waals surface area contributed by atoms with Crippen LogP contribution in [0, 0.1) is 17.2 Å². The van der Waals surface area contributed by atoms with Gasteiger partial charge in [0.1, 0.15) is 12.1 Å². The Morgan fingerprint density at radius 3 is 2.67 bits per heavy atom. The Bertz CT molecular complexity index is 818. The number of benzene rings is 1. The number of halogens is 1. The molecule has 0 aromatic heterocycles. The van der Waals surface area contributed by atoms with Gasteiger partial charge in [-0.3, -0.25) is 4.79 Å². The molecule has 2 aliphatic rings. The first kappa shape index (κ1) is 17.2. The van der Waals surface area contributed by atoms with Crippen LogP contribution >= 0.6 is 11.6 Å². The smallest absolute Gasteiger partial charge is 0.322 e. The fourth-order valence-corrected chi connectivity index (χ4v) is 6.03. The molecule has 3 atom stereocenters. The average molecular weight is 369 g/mol. The van der Waals surface area contributed by atoms with E-state index in [1.54, 1.807) is 0 Å². The zero-order valence-corrected chi connectivity index (χ0v) is 14.4. The minimum absolute atomic E-state index is 0.0461. The van der Waals surface area contributed by atoms with Gasteiger partial charge in [-0.1, -0.05) is 24.4 Å². The summed E-state index contributed by atoms with van der Waals surface area (Å²) in [7, 11) is -3.99. The SMILES string of the molecule is N#Cc1ccc(S(=O)(=O)N2C(C(=O)O)CC3CCCCC32)cc1Cl. The maximum absolute atomic E-state index is 13.1. The van der Waals surface area contributed by atoms with Crippen LogP contribution in [0.3, 0.4) is 0 Å². The van der Waals surface area contributed by atoms with Crippen molar-refractivity contribution in [1.29, 1.82) is 5.26 Å². The zero-order chi connectivity index (χ0) is 17.5. The van der Waals surface area contributed by atoms with Crippen molar-refractivity contribution in [2.75, 3.05) is 0 Å². The van der Waals surface area contributed by atoms with Gasteiger partial charge in [0.15, 0.2) is 0 Å². The molecule has 1 aromatic rings. The van der Waals surface area contributed by atoms with E-state index < -0.39 is 22.0 Å². The Kier molecular flexibility index (Phi) is 4.56. The monoisotopic (exact) mass is 368 g/mol. The van der Waals surface area contributed by atoms with Gasteiger partial charge in [0.2, 0.25) is 10.0 Å². The molecule has 1 saturated heterocycles. The third-order valence-corrected chi connectivity index (χ3v) is 7.19. The van der Waals surface area contributed by atoms with Crippen molar-refractivity contribution in [2.45, 2.75) is 49.1 Å². The number of nitriles is 1. The lowest BCUT2D eigenvalue weighted by Gasteiger charge is -2.32. The first-order valence-corrected chi connectivity index (χ1v) is 9.64. The molecule has 2 fully saturated rings. The van der Waals surface area contributed by atoms with Crippen LogP contribution in [0.1, 0.15) is 37.7 Å². The van der Waals surface area contributed by atoms with Gasteiger partial charge in [-0.2, -0.15) is 9.57 Å². The lowest BCUT2D eigenvalue weighted by atomic mass is 9.85. The van der Waals surface area contributed by atoms with Crippen LogP contribution in [0.25, 0.3) is 0 Å². The molecule has 1 heterocycles. The van der Waals surface area contributed by atoms with Crippen LogP contribution < -0.4 is 0 Å². The van der Waals surface area contributed by atoms with Crippen molar-refractivity contribution in [1.82, 2.24) is 4.31 Å². The molecule has 1 aromatic carbocycles. The Hall–Kier alpha value is -1.62. The summed E-state index contributed by atoms with van der Waals surface area (Å²) in [6.45, 7) is 0. The molecule has 0 bridgehead atoms. The molecule has 24 heavy (non-hydrogen) atoms. The fraction of sp³-hybridized carbons (Fsp3) is 0.500. The topological polar surface area (TPSA) is 98.5 Å². The highest BCUT2D eigenvalue weighted by atomic mass is 35.5. The average Bonchev–Trinajstić information content (AvgIpc) is 2.95. The van der Waals surface area contributed by atoms with Crippen molar-refractivity contribution in [3.8, 4) is 6.07 Å². The molecule has 3 rings (SSSR count). The van der Waals surface area contributed by atoms with Crippen molar-refractivity contribution in [3.05, 3.63) is 28.8 Å². The zero-order valence-electron chi connectivity index (χ0n) is 12.9. The molecular formula is C16H17ClN2O4S. The summed E-state index contributed by atoms with van der Waals surface area (Å²) in [5.41, 5.74) is 0.183. The Morgan fingerprint density at radius 1 is 1.33 bits per heavy atom. The number of carbonyl (C=O) groups is 1. The molecule has 1 aliphatic heterocycles. The van der Waals surface area contributed by atoms with Crippen molar-refractivity contribution < 1.29 is 18.3 Å². The molecule has 1 N–H and O–H groups in total. The van der Waals surface area contributed by atoms with Crippen molar-refractivity contribution in [2.24, 2.45) is 5.92 Å². The second-order valence-corrected chi connectivity index (χ2v) is 8.54. The first-order chi connectivity index (χ1) is 11.4. The summed E-state index contributed by atoms with van der Waals surface area (Å²) in [5, 5.41) is 18.5. The van der Waals surface area contributed by atoms with Crippen molar-refractivity contribution in [3.63, 3.8) is 0 Å². The van der Waals surface area contributed by atoms with Gasteiger partial charge < -0.3 is 5.11 Å². The maximum Gasteiger partial charge on any atom is 0.322 e. The summed E-state index contributed by atoms with van der Waals surface area (Å²) in [4.78, 5) is 11.6. The van der Waals surface area contributed by atoms with Crippen LogP contribution in [-0.4, -0.2) is 35.9 Å². The summed E-state index contributed by atoms with van der Waals surface area (Å²) in [6.07, 6.45) is 3.78. The number of carboxylic acid groups (broad SMARTS) is 1. The van der Waals surface area contributed by atoms with Crippen LogP contribution in [-0.2, 0) is 14.8 Å². The number of hydrogen-bond acceptors (Lipinski definition) is 4. The van der Waals surface area contributed by atoms with Crippen LogP contribution in [0.5, 0.6) is 0 Å². The van der Waals surface area contributed by atoms with Gasteiger partial charge in [0.05, 0.1) is 15.5 Å². The highest BCUT2D eigenvalue weighted by Gasteiger charge is 2.51. The number of aliphatic carboxylic acids is 1. The van der Waals surface area contributed by atoms with Gasteiger partial charge >= 0.3 is 5.97 Å². The fourth-order valence-electron chi connectivity index (χ4n) is 3.84. The van der Waals surface area contributed by atoms with E-state index >= 15 is 0 Å². The predicted octanol–water partition coefficient (Wildman–Crippen LogP) is 2.62. The summed E-state index contributed by atoms with van der Waals surface area (Å²) in [5.74, 6) is -1.03. The largest absolute Gasteiger partial charge is 0.480 e. The van der Waals surface area contributed by atoms with E-state index in [-0.39, 0.29) is 27.4 Å². The van der Waals surface area contributed by atoms with Gasteiger partial charge in [-0.05, 0) is 43.4 Å². The predicted molar refractivity (Wildman–Crippen MR) is 87.0 cm³/mol. The third kappa shape index (κ3) is 2.79. The number of carboxylic acids is 1. The third-order valence-electron chi connectivity index (χ3n) is 4.95. The number of rotatable bonds is 3. The number of nitrogens with zero attached hydrogens (tertiary/aromatic N) is 2. The molecule has 3 unspecified atom stereocenters. The molecular weight excluding hydrogens is 352 g/mol. The summed E-state index contributed by atoms with van der Waals surface area (Å²) >= 11 is 5.96. The van der Waals surface area contributed by atoms with E-state index in [1.807, 2.05) is 6.07 Å². The van der Waals surface area contributed by atoms with Crippen LogP contribution in [0.2, 0.25) is 5.02 Å². The van der Waals surface area contributed by atoms with Crippen LogP contribution in [0.4, 0.5) is 0 Å². The van der Waals surface area contributed by atoms with E-state index in [9.17, 15) is 18.3 Å². The second kappa shape index (κ2) is 6.36. The van der Waals surface area contributed by atoms with Gasteiger partial charge in [-0.15, -0.1) is 0 Å². The normalized spacial score (nSPS) is 27.4. The summed E-state index contributed by atoms with van der Waals surface area (Å²) in [6, 6.07) is 4.45. The van der Waals surface area contributed by atoms with E-state index in [4.69, 9.17) is 16.9 Å². The maximum atomic E-state index is 13.1. The molecule has 0 radical (unpaired) electrons. The molecule has 1 saturated carbocycles. The second-order valence-electron chi connectivity index (χ2n) is 6.29. The Morgan fingerprint density at radius 2 is 2.04 bits per heavy atom. The van der Waals surface area contributed by atoms with Crippen LogP contribution in [0.15, 0.2) is 23.1 Å². The molecule has 1 aliphatic carbocycles. The molecule has 0 spiro atoms. The number of hydrogen-bond donors (Lipinski definition) is 1. The van der Waals surface area contributed by atoms with E-state index in [1.165, 1.54) is 18.2 Å². The van der Waals surface area contributed by atoms with Gasteiger partial charge in [0.25, 0.3) is 0 Å². The number of fused-ring (bicyclic) bond motifs is 1. The highest BCUT2D eigenvalue weighted by Crippen LogP contribution is 2.43. The quantitative estimate of drug-likeness (QED) is 0.884. The minimum Gasteiger partial charge on any atom is -0.480 e. The van der Waals surface area contributed by atoms with Gasteiger partial charge in [-0.25, -0.2) is 8.42 Å². The standard InChI is InChI=1S/C16H17ClN2O4S/c17-13-8-12(6-5-11(13)9-18)24(22,23)19-14-4-2-1-3-10(14)7-15(19)16(20)21/h5-6,8,10,14-15H,1-4,7H2,(H,20,21). The van der Waals surface area contributed by atoms with E-state index in [0.29, 0.717) is 12.8 Å². The van der Waals surface area contributed by atoms with Crippen molar-refractivity contribution >= 4 is 27.6 Å². The Labute approximate surface area is 145 Å². The first-order valence-electron chi connectivity index (χ1n) is 7.82. The molecule has 8 heteroatoms. The van der Waals surface area contributed by atoms with E-state index in [0.717, 1.165) is 23.6 Å². The molecule has 6 nitrogen and oxygen atoms in total. The van der Waals surface area contributed by atoms with Gasteiger partial charge in [0, 0.05) is 6.04 Å². The molecule has 0 amide bonds. The minimum atomic E-state index is -3.99. The lowest BCUT2D eigenvalue weighted by Crippen LogP contribution is -2.46. The Balaban J connectivity index is 2.04. The molecule has 128 valence electrons. The van der Waals surface area contributed by atoms with E-state index in [2.05, 4.69) is 0 Å². The lowest BCUT2D eigenvalue weighted by molar-refractivity contribution is -0.141. The highest BCUT2D eigenvalue weighted by molar-refractivity contribution is 7.89. The number of sulfonamides is 1.